The van der Waals surface area contributed by atoms with Crippen LogP contribution in [0.3, 0.4) is 0 Å². The minimum absolute atomic E-state index is 0.177. The number of benzene rings is 2. The molecule has 8 heteroatoms. The molecule has 3 rings (SSSR count). The van der Waals surface area contributed by atoms with Crippen LogP contribution in [-0.2, 0) is 4.74 Å². The van der Waals surface area contributed by atoms with E-state index in [4.69, 9.17) is 18.7 Å². The molecule has 3 aromatic rings. The van der Waals surface area contributed by atoms with Crippen molar-refractivity contribution in [2.45, 2.75) is 6.92 Å². The molecular formula is C19H19N3O5. The van der Waals surface area contributed by atoms with E-state index in [2.05, 4.69) is 15.5 Å². The Morgan fingerprint density at radius 2 is 2.00 bits per heavy atom. The molecule has 2 aromatic carbocycles. The molecule has 0 spiro atoms. The summed E-state index contributed by atoms with van der Waals surface area (Å²) in [6, 6.07) is 12.3. The molecule has 0 radical (unpaired) electrons. The Hall–Kier alpha value is -3.55. The maximum absolute atomic E-state index is 11.8. The van der Waals surface area contributed by atoms with E-state index >= 15 is 0 Å². The number of ether oxygens (including phenoxy) is 3. The molecule has 8 nitrogen and oxygen atoms in total. The van der Waals surface area contributed by atoms with E-state index in [9.17, 15) is 4.79 Å². The van der Waals surface area contributed by atoms with E-state index < -0.39 is 5.97 Å². The first kappa shape index (κ1) is 18.2. The van der Waals surface area contributed by atoms with E-state index in [0.29, 0.717) is 40.7 Å². The molecule has 27 heavy (non-hydrogen) atoms. The van der Waals surface area contributed by atoms with Crippen LogP contribution in [-0.4, -0.2) is 36.9 Å². The standard InChI is InChI=1S/C19H19N3O5/c1-4-26-18(23)12-6-5-7-13(10-12)20-19-21-17(22-27-19)15-11-14(24-2)8-9-16(15)25-3/h5-11H,4H2,1-3H3,(H,20,21,22). The largest absolute Gasteiger partial charge is 0.497 e. The quantitative estimate of drug-likeness (QED) is 0.630. The van der Waals surface area contributed by atoms with E-state index in [1.54, 1.807) is 63.6 Å². The van der Waals surface area contributed by atoms with Gasteiger partial charge in [0.2, 0.25) is 5.82 Å². The predicted molar refractivity (Wildman–Crippen MR) is 98.5 cm³/mol. The lowest BCUT2D eigenvalue weighted by Gasteiger charge is -2.07. The normalized spacial score (nSPS) is 10.3. The molecule has 0 bridgehead atoms. The van der Waals surface area contributed by atoms with Crippen LogP contribution in [0, 0.1) is 0 Å². The molecule has 0 aliphatic rings. The third kappa shape index (κ3) is 4.17. The number of carbonyl (C=O) groups is 1. The van der Waals surface area contributed by atoms with Crippen molar-refractivity contribution < 1.29 is 23.5 Å². The van der Waals surface area contributed by atoms with E-state index in [-0.39, 0.29) is 6.01 Å². The number of methoxy groups -OCH3 is 2. The van der Waals surface area contributed by atoms with Crippen LogP contribution in [0.25, 0.3) is 11.4 Å². The van der Waals surface area contributed by atoms with Crippen molar-refractivity contribution >= 4 is 17.7 Å². The van der Waals surface area contributed by atoms with Crippen molar-refractivity contribution in [2.24, 2.45) is 0 Å². The van der Waals surface area contributed by atoms with Gasteiger partial charge in [-0.2, -0.15) is 4.98 Å². The second-order valence-corrected chi connectivity index (χ2v) is 5.42. The molecule has 0 aliphatic heterocycles. The number of esters is 1. The first-order valence-electron chi connectivity index (χ1n) is 8.25. The summed E-state index contributed by atoms with van der Waals surface area (Å²) in [6.45, 7) is 2.07. The lowest BCUT2D eigenvalue weighted by Crippen LogP contribution is -2.04. The third-order valence-electron chi connectivity index (χ3n) is 3.70. The summed E-state index contributed by atoms with van der Waals surface area (Å²) in [5.41, 5.74) is 1.68. The Labute approximate surface area is 156 Å². The van der Waals surface area contributed by atoms with Gasteiger partial charge in [0.15, 0.2) is 0 Å². The zero-order valence-corrected chi connectivity index (χ0v) is 15.2. The van der Waals surface area contributed by atoms with Crippen LogP contribution < -0.4 is 14.8 Å². The fourth-order valence-corrected chi connectivity index (χ4v) is 2.43. The smallest absolute Gasteiger partial charge is 0.338 e. The molecule has 0 atom stereocenters. The van der Waals surface area contributed by atoms with Gasteiger partial charge in [0.25, 0.3) is 0 Å². The van der Waals surface area contributed by atoms with Crippen molar-refractivity contribution in [3.05, 3.63) is 48.0 Å². The number of hydrogen-bond donors (Lipinski definition) is 1. The van der Waals surface area contributed by atoms with Gasteiger partial charge in [-0.05, 0) is 43.3 Å². The third-order valence-corrected chi connectivity index (χ3v) is 3.70. The highest BCUT2D eigenvalue weighted by atomic mass is 16.5. The summed E-state index contributed by atoms with van der Waals surface area (Å²) in [4.78, 5) is 16.2. The van der Waals surface area contributed by atoms with E-state index in [0.717, 1.165) is 0 Å². The Kier molecular flexibility index (Phi) is 5.55. The molecule has 0 unspecified atom stereocenters. The molecule has 0 saturated heterocycles. The summed E-state index contributed by atoms with van der Waals surface area (Å²) in [5.74, 6) is 1.18. The summed E-state index contributed by atoms with van der Waals surface area (Å²) in [6.07, 6.45) is 0. The van der Waals surface area contributed by atoms with Crippen LogP contribution in [0.2, 0.25) is 0 Å². The minimum atomic E-state index is -0.395. The Morgan fingerprint density at radius 3 is 2.74 bits per heavy atom. The summed E-state index contributed by atoms with van der Waals surface area (Å²) in [5, 5.41) is 6.96. The van der Waals surface area contributed by atoms with Gasteiger partial charge in [0, 0.05) is 5.69 Å². The summed E-state index contributed by atoms with van der Waals surface area (Å²) in [7, 11) is 3.14. The average Bonchev–Trinajstić information content (AvgIpc) is 3.16. The predicted octanol–water partition coefficient (Wildman–Crippen LogP) is 3.67. The van der Waals surface area contributed by atoms with Crippen molar-refractivity contribution in [1.82, 2.24) is 10.1 Å². The highest BCUT2D eigenvalue weighted by molar-refractivity contribution is 5.90. The van der Waals surface area contributed by atoms with Gasteiger partial charge >= 0.3 is 12.0 Å². The number of aromatic nitrogens is 2. The first-order chi connectivity index (χ1) is 13.1. The Balaban J connectivity index is 1.83. The van der Waals surface area contributed by atoms with Crippen molar-refractivity contribution in [3.63, 3.8) is 0 Å². The van der Waals surface area contributed by atoms with Gasteiger partial charge in [-0.25, -0.2) is 4.79 Å². The molecule has 1 heterocycles. The van der Waals surface area contributed by atoms with Crippen LogP contribution >= 0.6 is 0 Å². The highest BCUT2D eigenvalue weighted by Gasteiger charge is 2.15. The molecule has 0 aliphatic carbocycles. The maximum Gasteiger partial charge on any atom is 0.338 e. The van der Waals surface area contributed by atoms with Crippen LogP contribution in [0.15, 0.2) is 47.0 Å². The van der Waals surface area contributed by atoms with Crippen LogP contribution in [0.5, 0.6) is 11.5 Å². The minimum Gasteiger partial charge on any atom is -0.497 e. The molecule has 1 N–H and O–H groups in total. The topological polar surface area (TPSA) is 95.7 Å². The van der Waals surface area contributed by atoms with Gasteiger partial charge in [0.05, 0.1) is 32.0 Å². The van der Waals surface area contributed by atoms with Crippen LogP contribution in [0.4, 0.5) is 11.7 Å². The second-order valence-electron chi connectivity index (χ2n) is 5.42. The van der Waals surface area contributed by atoms with Crippen LogP contribution in [0.1, 0.15) is 17.3 Å². The zero-order valence-electron chi connectivity index (χ0n) is 15.2. The van der Waals surface area contributed by atoms with Gasteiger partial charge < -0.3 is 24.1 Å². The van der Waals surface area contributed by atoms with Gasteiger partial charge in [-0.3, -0.25) is 0 Å². The summed E-state index contributed by atoms with van der Waals surface area (Å²) < 4.78 is 20.8. The van der Waals surface area contributed by atoms with Crippen molar-refractivity contribution in [2.75, 3.05) is 26.1 Å². The second kappa shape index (κ2) is 8.22. The SMILES string of the molecule is CCOC(=O)c1cccc(Nc2nc(-c3cc(OC)ccc3OC)no2)c1. The highest BCUT2D eigenvalue weighted by Crippen LogP contribution is 2.32. The average molecular weight is 369 g/mol. The molecule has 0 amide bonds. The Morgan fingerprint density at radius 1 is 1.15 bits per heavy atom. The zero-order chi connectivity index (χ0) is 19.2. The molecule has 0 saturated carbocycles. The number of carbonyl (C=O) groups excluding carboxylic acids is 1. The van der Waals surface area contributed by atoms with Gasteiger partial charge in [0.1, 0.15) is 11.5 Å². The van der Waals surface area contributed by atoms with Crippen molar-refractivity contribution in [1.29, 1.82) is 0 Å². The molecular weight excluding hydrogens is 350 g/mol. The van der Waals surface area contributed by atoms with E-state index in [1.165, 1.54) is 0 Å². The fraction of sp³-hybridized carbons (Fsp3) is 0.211. The molecule has 140 valence electrons. The number of hydrogen-bond acceptors (Lipinski definition) is 8. The first-order valence-corrected chi connectivity index (χ1v) is 8.25. The molecule has 0 fully saturated rings. The Bertz CT molecular complexity index is 939. The monoisotopic (exact) mass is 369 g/mol. The fourth-order valence-electron chi connectivity index (χ4n) is 2.43. The summed E-state index contributed by atoms with van der Waals surface area (Å²) >= 11 is 0. The lowest BCUT2D eigenvalue weighted by molar-refractivity contribution is 0.0526. The van der Waals surface area contributed by atoms with Gasteiger partial charge in [-0.1, -0.05) is 11.2 Å². The number of nitrogens with one attached hydrogen (secondary N) is 1. The molecule has 1 aromatic heterocycles. The van der Waals surface area contributed by atoms with Crippen molar-refractivity contribution in [3.8, 4) is 22.9 Å². The van der Waals surface area contributed by atoms with Gasteiger partial charge in [-0.15, -0.1) is 0 Å². The number of rotatable bonds is 7. The lowest BCUT2D eigenvalue weighted by atomic mass is 10.2. The number of nitrogens with zero attached hydrogens (tertiary/aromatic N) is 2. The number of anilines is 2. The maximum atomic E-state index is 11.8. The van der Waals surface area contributed by atoms with E-state index in [1.807, 2.05) is 0 Å².